The molecule has 0 bridgehead atoms. The van der Waals surface area contributed by atoms with Crippen LogP contribution in [-0.2, 0) is 0 Å². The Morgan fingerprint density at radius 3 is 1.64 bits per heavy atom. The number of unbranched alkanes of at least 4 members (excludes halogenated alkanes) is 12. The van der Waals surface area contributed by atoms with Gasteiger partial charge in [-0.25, -0.2) is 4.79 Å². The van der Waals surface area contributed by atoms with Crippen LogP contribution in [0.1, 0.15) is 113 Å². The van der Waals surface area contributed by atoms with Crippen molar-refractivity contribution in [2.24, 2.45) is 4.99 Å². The van der Waals surface area contributed by atoms with Crippen LogP contribution in [0.3, 0.4) is 0 Å². The van der Waals surface area contributed by atoms with Crippen molar-refractivity contribution in [2.75, 3.05) is 19.8 Å². The van der Waals surface area contributed by atoms with Gasteiger partial charge in [0.15, 0.2) is 0 Å². The fraction of sp³-hybridized carbons (Fsp3) is 0.474. The number of carbonyl (C=O) groups is 1. The van der Waals surface area contributed by atoms with Gasteiger partial charge in [0, 0.05) is 12.8 Å². The molecule has 44 heavy (non-hydrogen) atoms. The molecule has 0 aromatic heterocycles. The Balaban J connectivity index is 1.31. The van der Waals surface area contributed by atoms with Crippen molar-refractivity contribution >= 4 is 17.9 Å². The number of aliphatic hydroxyl groups is 1. The number of carbonyl (C=O) groups excluding carboxylic acids is 1. The number of esters is 1. The summed E-state index contributed by atoms with van der Waals surface area (Å²) < 4.78 is 17.2. The molecule has 0 radical (unpaired) electrons. The quantitative estimate of drug-likeness (QED) is 0.0507. The summed E-state index contributed by atoms with van der Waals surface area (Å²) in [5, 5.41) is 8.83. The van der Waals surface area contributed by atoms with Crippen molar-refractivity contribution in [1.82, 2.24) is 0 Å². The van der Waals surface area contributed by atoms with Crippen molar-refractivity contribution < 1.29 is 24.1 Å². The van der Waals surface area contributed by atoms with Crippen molar-refractivity contribution in [1.29, 1.82) is 0 Å². The summed E-state index contributed by atoms with van der Waals surface area (Å²) >= 11 is 0. The van der Waals surface area contributed by atoms with Crippen LogP contribution in [0, 0.1) is 0 Å². The van der Waals surface area contributed by atoms with Gasteiger partial charge in [-0.1, -0.05) is 71.1 Å². The number of nitrogens with zero attached hydrogens (tertiary/aromatic N) is 1. The summed E-state index contributed by atoms with van der Waals surface area (Å²) in [7, 11) is 0. The lowest BCUT2D eigenvalue weighted by molar-refractivity contribution is 0.0734. The van der Waals surface area contributed by atoms with E-state index in [2.05, 4.69) is 11.9 Å². The van der Waals surface area contributed by atoms with E-state index in [4.69, 9.17) is 19.3 Å². The van der Waals surface area contributed by atoms with Gasteiger partial charge < -0.3 is 19.3 Å². The minimum atomic E-state index is -0.407. The van der Waals surface area contributed by atoms with Gasteiger partial charge in [-0.3, -0.25) is 4.99 Å². The molecule has 0 unspecified atom stereocenters. The summed E-state index contributed by atoms with van der Waals surface area (Å²) in [4.78, 5) is 17.1. The zero-order valence-electron chi connectivity index (χ0n) is 26.6. The topological polar surface area (TPSA) is 77.4 Å². The van der Waals surface area contributed by atoms with E-state index in [1.54, 1.807) is 30.5 Å². The predicted molar refractivity (Wildman–Crippen MR) is 180 cm³/mol. The van der Waals surface area contributed by atoms with Crippen LogP contribution in [0.4, 0.5) is 5.69 Å². The first-order valence-electron chi connectivity index (χ1n) is 16.6. The lowest BCUT2D eigenvalue weighted by atomic mass is 10.1. The van der Waals surface area contributed by atoms with Gasteiger partial charge in [0.2, 0.25) is 0 Å². The Hall–Kier alpha value is -3.64. The SMILES string of the molecule is CCCCCCCCCCCCOc1ccc(C(=O)Oc2ccc(N=Cc3ccc(OCCCCCCO)cc3)cc2)cc1. The number of benzene rings is 3. The third-order valence-corrected chi connectivity index (χ3v) is 7.47. The maximum Gasteiger partial charge on any atom is 0.343 e. The minimum Gasteiger partial charge on any atom is -0.494 e. The summed E-state index contributed by atoms with van der Waals surface area (Å²) in [6.45, 7) is 3.89. The molecule has 3 aromatic carbocycles. The largest absolute Gasteiger partial charge is 0.494 e. The van der Waals surface area contributed by atoms with Gasteiger partial charge in [0.25, 0.3) is 0 Å². The third-order valence-electron chi connectivity index (χ3n) is 7.47. The molecule has 0 amide bonds. The molecule has 0 fully saturated rings. The van der Waals surface area contributed by atoms with Crippen LogP contribution in [0.5, 0.6) is 17.2 Å². The van der Waals surface area contributed by atoms with Gasteiger partial charge in [0.1, 0.15) is 17.2 Å². The maximum atomic E-state index is 12.6. The summed E-state index contributed by atoms with van der Waals surface area (Å²) in [5.74, 6) is 1.66. The van der Waals surface area contributed by atoms with E-state index in [1.165, 1.54) is 57.8 Å². The van der Waals surface area contributed by atoms with Crippen molar-refractivity contribution in [3.05, 3.63) is 83.9 Å². The molecule has 6 nitrogen and oxygen atoms in total. The van der Waals surface area contributed by atoms with Crippen LogP contribution in [0.2, 0.25) is 0 Å². The first-order chi connectivity index (χ1) is 21.7. The summed E-state index contributed by atoms with van der Waals surface area (Å²) in [6, 6.07) is 22.1. The molecule has 0 atom stereocenters. The van der Waals surface area contributed by atoms with E-state index in [1.807, 2.05) is 48.5 Å². The second kappa shape index (κ2) is 22.0. The van der Waals surface area contributed by atoms with Gasteiger partial charge in [-0.15, -0.1) is 0 Å². The molecule has 6 heteroatoms. The Kier molecular flexibility index (Phi) is 17.4. The number of aliphatic imine (C=N–C) groups is 1. The van der Waals surface area contributed by atoms with Gasteiger partial charge in [0.05, 0.1) is 24.5 Å². The van der Waals surface area contributed by atoms with E-state index in [9.17, 15) is 4.79 Å². The van der Waals surface area contributed by atoms with Crippen molar-refractivity contribution in [3.63, 3.8) is 0 Å². The zero-order valence-corrected chi connectivity index (χ0v) is 26.6. The van der Waals surface area contributed by atoms with Gasteiger partial charge in [-0.05, 0) is 104 Å². The Bertz CT molecular complexity index is 1190. The summed E-state index contributed by atoms with van der Waals surface area (Å²) in [6.07, 6.45) is 18.7. The lowest BCUT2D eigenvalue weighted by Crippen LogP contribution is -2.08. The highest BCUT2D eigenvalue weighted by Crippen LogP contribution is 2.21. The first-order valence-corrected chi connectivity index (χ1v) is 16.6. The zero-order chi connectivity index (χ0) is 31.1. The number of rotatable bonds is 23. The molecular formula is C38H51NO5. The fourth-order valence-corrected chi connectivity index (χ4v) is 4.79. The van der Waals surface area contributed by atoms with E-state index in [0.717, 1.165) is 54.9 Å². The Labute approximate surface area is 264 Å². The average Bonchev–Trinajstić information content (AvgIpc) is 3.05. The van der Waals surface area contributed by atoms with E-state index < -0.39 is 5.97 Å². The molecule has 238 valence electrons. The Morgan fingerprint density at radius 2 is 1.09 bits per heavy atom. The lowest BCUT2D eigenvalue weighted by Gasteiger charge is -2.08. The van der Waals surface area contributed by atoms with E-state index in [-0.39, 0.29) is 6.61 Å². The van der Waals surface area contributed by atoms with Crippen LogP contribution < -0.4 is 14.2 Å². The molecule has 3 aromatic rings. The molecule has 0 saturated heterocycles. The molecule has 0 spiro atoms. The predicted octanol–water partition coefficient (Wildman–Crippen LogP) is 9.89. The number of aliphatic hydroxyl groups excluding tert-OH is 1. The second-order valence-electron chi connectivity index (χ2n) is 11.3. The first kappa shape index (κ1) is 34.8. The smallest absolute Gasteiger partial charge is 0.343 e. The van der Waals surface area contributed by atoms with Crippen LogP contribution in [0.25, 0.3) is 0 Å². The van der Waals surface area contributed by atoms with E-state index >= 15 is 0 Å². The fourth-order valence-electron chi connectivity index (χ4n) is 4.79. The maximum absolute atomic E-state index is 12.6. The number of hydrogen-bond donors (Lipinski definition) is 1. The average molecular weight is 602 g/mol. The van der Waals surface area contributed by atoms with Gasteiger partial charge in [-0.2, -0.15) is 0 Å². The molecule has 1 N–H and O–H groups in total. The normalized spacial score (nSPS) is 11.1. The van der Waals surface area contributed by atoms with E-state index in [0.29, 0.717) is 24.5 Å². The Morgan fingerprint density at radius 1 is 0.614 bits per heavy atom. The van der Waals surface area contributed by atoms with Gasteiger partial charge >= 0.3 is 5.97 Å². The second-order valence-corrected chi connectivity index (χ2v) is 11.3. The highest BCUT2D eigenvalue weighted by atomic mass is 16.5. The van der Waals surface area contributed by atoms with Crippen LogP contribution in [0.15, 0.2) is 77.8 Å². The van der Waals surface area contributed by atoms with Crippen LogP contribution in [-0.4, -0.2) is 37.1 Å². The number of hydrogen-bond acceptors (Lipinski definition) is 6. The standard InChI is InChI=1S/C38H51NO5/c1-2-3-4-5-6-7-8-9-11-14-29-43-36-24-18-33(19-25-36)38(41)44-37-26-20-34(21-27-37)39-31-32-16-22-35(23-17-32)42-30-15-12-10-13-28-40/h16-27,31,40H,2-15,28-30H2,1H3. The number of ether oxygens (including phenoxy) is 3. The van der Waals surface area contributed by atoms with Crippen molar-refractivity contribution in [3.8, 4) is 17.2 Å². The molecule has 0 saturated carbocycles. The highest BCUT2D eigenvalue weighted by molar-refractivity contribution is 5.91. The molecule has 0 aliphatic rings. The third kappa shape index (κ3) is 14.7. The monoisotopic (exact) mass is 601 g/mol. The van der Waals surface area contributed by atoms with Crippen LogP contribution >= 0.6 is 0 Å². The molecule has 0 aliphatic carbocycles. The molecule has 0 aliphatic heterocycles. The molecule has 0 heterocycles. The molecule has 3 rings (SSSR count). The van der Waals surface area contributed by atoms with Crippen molar-refractivity contribution in [2.45, 2.75) is 96.8 Å². The molecular weight excluding hydrogens is 550 g/mol. The highest BCUT2D eigenvalue weighted by Gasteiger charge is 2.09. The minimum absolute atomic E-state index is 0.256. The summed E-state index contributed by atoms with van der Waals surface area (Å²) in [5.41, 5.74) is 2.20.